The number of nitrogens with one attached hydrogen (secondary N) is 1. The maximum absolute atomic E-state index is 12.4. The number of hydrogen-bond donors (Lipinski definition) is 2. The summed E-state index contributed by atoms with van der Waals surface area (Å²) in [5.74, 6) is 1.17. The predicted molar refractivity (Wildman–Crippen MR) is 83.4 cm³/mol. The van der Waals surface area contributed by atoms with Gasteiger partial charge in [0, 0.05) is 10.9 Å². The van der Waals surface area contributed by atoms with Gasteiger partial charge in [0.05, 0.1) is 0 Å². The predicted octanol–water partition coefficient (Wildman–Crippen LogP) is 2.35. The molecule has 0 spiro atoms. The molecule has 1 saturated carbocycles. The molecule has 1 fully saturated rings. The van der Waals surface area contributed by atoms with Crippen LogP contribution in [0.5, 0.6) is 0 Å². The average molecular weight is 316 g/mol. The Kier molecular flexibility index (Phi) is 5.23. The molecule has 2 rings (SSSR count). The SMILES string of the molecule is CC1CC(C)CC(NS(=O)(=O)c2ccc(CCN)s2)C1. The fraction of sp³-hybridized carbons (Fsp3) is 0.714. The van der Waals surface area contributed by atoms with Crippen molar-refractivity contribution in [2.24, 2.45) is 17.6 Å². The minimum Gasteiger partial charge on any atom is -0.330 e. The fourth-order valence-corrected chi connectivity index (χ4v) is 5.75. The van der Waals surface area contributed by atoms with E-state index in [1.807, 2.05) is 6.07 Å². The van der Waals surface area contributed by atoms with Crippen molar-refractivity contribution >= 4 is 21.4 Å². The first-order valence-electron chi connectivity index (χ1n) is 7.22. The molecule has 20 heavy (non-hydrogen) atoms. The lowest BCUT2D eigenvalue weighted by Crippen LogP contribution is -2.39. The standard InChI is InChI=1S/C14H24N2O2S2/c1-10-7-11(2)9-12(8-10)16-20(17,18)14-4-3-13(19-14)5-6-15/h3-4,10-12,16H,5-9,15H2,1-2H3. The molecule has 1 aromatic heterocycles. The maximum Gasteiger partial charge on any atom is 0.250 e. The highest BCUT2D eigenvalue weighted by Gasteiger charge is 2.28. The highest BCUT2D eigenvalue weighted by Crippen LogP contribution is 2.30. The van der Waals surface area contributed by atoms with Crippen LogP contribution in [0.1, 0.15) is 38.0 Å². The summed E-state index contributed by atoms with van der Waals surface area (Å²) in [6.45, 7) is 4.94. The van der Waals surface area contributed by atoms with Gasteiger partial charge in [0.1, 0.15) is 4.21 Å². The van der Waals surface area contributed by atoms with E-state index >= 15 is 0 Å². The maximum atomic E-state index is 12.4. The van der Waals surface area contributed by atoms with Gasteiger partial charge < -0.3 is 5.73 Å². The van der Waals surface area contributed by atoms with E-state index in [-0.39, 0.29) is 6.04 Å². The summed E-state index contributed by atoms with van der Waals surface area (Å²) in [6, 6.07) is 3.62. The van der Waals surface area contributed by atoms with Crippen LogP contribution in [0.2, 0.25) is 0 Å². The van der Waals surface area contributed by atoms with Crippen LogP contribution in [0.4, 0.5) is 0 Å². The number of rotatable bonds is 5. The Morgan fingerprint density at radius 1 is 1.25 bits per heavy atom. The molecule has 4 nitrogen and oxygen atoms in total. The molecule has 2 unspecified atom stereocenters. The monoisotopic (exact) mass is 316 g/mol. The van der Waals surface area contributed by atoms with Gasteiger partial charge in [-0.05, 0) is 56.2 Å². The lowest BCUT2D eigenvalue weighted by Gasteiger charge is -2.31. The zero-order chi connectivity index (χ0) is 14.8. The van der Waals surface area contributed by atoms with Gasteiger partial charge in [-0.3, -0.25) is 0 Å². The van der Waals surface area contributed by atoms with Gasteiger partial charge in [-0.1, -0.05) is 13.8 Å². The molecule has 1 aliphatic carbocycles. The zero-order valence-electron chi connectivity index (χ0n) is 12.1. The van der Waals surface area contributed by atoms with E-state index in [1.165, 1.54) is 17.8 Å². The van der Waals surface area contributed by atoms with E-state index in [1.54, 1.807) is 6.07 Å². The van der Waals surface area contributed by atoms with Crippen molar-refractivity contribution in [2.45, 2.75) is 49.8 Å². The van der Waals surface area contributed by atoms with Crippen molar-refractivity contribution in [2.75, 3.05) is 6.54 Å². The van der Waals surface area contributed by atoms with Crippen molar-refractivity contribution in [1.29, 1.82) is 0 Å². The molecule has 0 bridgehead atoms. The van der Waals surface area contributed by atoms with Gasteiger partial charge in [0.25, 0.3) is 0 Å². The van der Waals surface area contributed by atoms with E-state index in [9.17, 15) is 8.42 Å². The normalized spacial score (nSPS) is 27.6. The highest BCUT2D eigenvalue weighted by molar-refractivity contribution is 7.91. The third kappa shape index (κ3) is 4.04. The summed E-state index contributed by atoms with van der Waals surface area (Å²) < 4.78 is 28.1. The summed E-state index contributed by atoms with van der Waals surface area (Å²) in [6.07, 6.45) is 3.80. The molecule has 1 aliphatic rings. The molecule has 1 aromatic rings. The van der Waals surface area contributed by atoms with E-state index < -0.39 is 10.0 Å². The van der Waals surface area contributed by atoms with Crippen molar-refractivity contribution in [3.63, 3.8) is 0 Å². The van der Waals surface area contributed by atoms with E-state index in [0.717, 1.165) is 24.1 Å². The van der Waals surface area contributed by atoms with Crippen LogP contribution in [-0.2, 0) is 16.4 Å². The Bertz CT molecular complexity index is 529. The Balaban J connectivity index is 2.06. The molecule has 0 aromatic carbocycles. The van der Waals surface area contributed by atoms with Crippen LogP contribution in [0.15, 0.2) is 16.3 Å². The molecular weight excluding hydrogens is 292 g/mol. The van der Waals surface area contributed by atoms with Gasteiger partial charge >= 0.3 is 0 Å². The average Bonchev–Trinajstić information content (AvgIpc) is 2.76. The van der Waals surface area contributed by atoms with E-state index in [0.29, 0.717) is 22.6 Å². The number of thiophene rings is 1. The molecule has 0 aliphatic heterocycles. The lowest BCUT2D eigenvalue weighted by atomic mass is 9.81. The third-order valence-corrected chi connectivity index (χ3v) is 6.95. The fourth-order valence-electron chi connectivity index (χ4n) is 3.10. The summed E-state index contributed by atoms with van der Waals surface area (Å²) >= 11 is 1.32. The van der Waals surface area contributed by atoms with Crippen LogP contribution in [-0.4, -0.2) is 21.0 Å². The van der Waals surface area contributed by atoms with Crippen LogP contribution in [0.3, 0.4) is 0 Å². The smallest absolute Gasteiger partial charge is 0.250 e. The minimum absolute atomic E-state index is 0.0683. The molecule has 1 heterocycles. The molecule has 0 radical (unpaired) electrons. The van der Waals surface area contributed by atoms with Crippen LogP contribution in [0.25, 0.3) is 0 Å². The number of nitrogens with two attached hydrogens (primary N) is 1. The topological polar surface area (TPSA) is 72.2 Å². The summed E-state index contributed by atoms with van der Waals surface area (Å²) in [5, 5.41) is 0. The first kappa shape index (κ1) is 15.9. The van der Waals surface area contributed by atoms with Crippen LogP contribution in [0, 0.1) is 11.8 Å². The number of sulfonamides is 1. The minimum atomic E-state index is -3.38. The van der Waals surface area contributed by atoms with Gasteiger partial charge in [0.15, 0.2) is 0 Å². The van der Waals surface area contributed by atoms with E-state index in [2.05, 4.69) is 18.6 Å². The largest absolute Gasteiger partial charge is 0.330 e. The molecule has 6 heteroatoms. The Morgan fingerprint density at radius 3 is 2.50 bits per heavy atom. The Morgan fingerprint density at radius 2 is 1.90 bits per heavy atom. The van der Waals surface area contributed by atoms with Gasteiger partial charge in [-0.2, -0.15) is 0 Å². The van der Waals surface area contributed by atoms with Crippen LogP contribution < -0.4 is 10.5 Å². The Labute approximate surface area is 125 Å². The number of hydrogen-bond acceptors (Lipinski definition) is 4. The molecule has 3 N–H and O–H groups in total. The van der Waals surface area contributed by atoms with Gasteiger partial charge in [-0.15, -0.1) is 11.3 Å². The summed E-state index contributed by atoms with van der Waals surface area (Å²) in [4.78, 5) is 1.03. The second kappa shape index (κ2) is 6.56. The molecule has 0 saturated heterocycles. The quantitative estimate of drug-likeness (QED) is 0.876. The van der Waals surface area contributed by atoms with Crippen molar-refractivity contribution in [3.05, 3.63) is 17.0 Å². The van der Waals surface area contributed by atoms with Gasteiger partial charge in [-0.25, -0.2) is 13.1 Å². The lowest BCUT2D eigenvalue weighted by molar-refractivity contribution is 0.258. The third-order valence-electron chi connectivity index (χ3n) is 3.79. The Hall–Kier alpha value is -0.430. The zero-order valence-corrected chi connectivity index (χ0v) is 13.8. The highest BCUT2D eigenvalue weighted by atomic mass is 32.2. The first-order valence-corrected chi connectivity index (χ1v) is 9.51. The molecule has 2 atom stereocenters. The van der Waals surface area contributed by atoms with Crippen molar-refractivity contribution in [3.8, 4) is 0 Å². The molecule has 114 valence electrons. The first-order chi connectivity index (χ1) is 9.40. The summed E-state index contributed by atoms with van der Waals surface area (Å²) in [5.41, 5.74) is 5.50. The second-order valence-corrected chi connectivity index (χ2v) is 9.10. The summed E-state index contributed by atoms with van der Waals surface area (Å²) in [7, 11) is -3.38. The van der Waals surface area contributed by atoms with Crippen molar-refractivity contribution < 1.29 is 8.42 Å². The van der Waals surface area contributed by atoms with E-state index in [4.69, 9.17) is 5.73 Å². The molecular formula is C14H24N2O2S2. The van der Waals surface area contributed by atoms with Crippen LogP contribution >= 0.6 is 11.3 Å². The van der Waals surface area contributed by atoms with Crippen molar-refractivity contribution in [1.82, 2.24) is 4.72 Å². The second-order valence-electron chi connectivity index (χ2n) is 6.00. The van der Waals surface area contributed by atoms with Gasteiger partial charge in [0.2, 0.25) is 10.0 Å². The molecule has 0 amide bonds.